The number of hydrogen-bond acceptors (Lipinski definition) is 4. The Balaban J connectivity index is 1.69. The number of thiophene rings is 1. The molecule has 0 bridgehead atoms. The lowest BCUT2D eigenvalue weighted by Crippen LogP contribution is -2.29. The van der Waals surface area contributed by atoms with Gasteiger partial charge >= 0.3 is 0 Å². The van der Waals surface area contributed by atoms with Crippen LogP contribution in [0.3, 0.4) is 0 Å². The summed E-state index contributed by atoms with van der Waals surface area (Å²) in [4.78, 5) is 4.49. The van der Waals surface area contributed by atoms with Crippen molar-refractivity contribution < 1.29 is 13.2 Å². The van der Waals surface area contributed by atoms with Crippen molar-refractivity contribution in [3.8, 4) is 5.75 Å². The Bertz CT molecular complexity index is 1230. The third kappa shape index (κ3) is 4.11. The van der Waals surface area contributed by atoms with Crippen molar-refractivity contribution in [3.63, 3.8) is 0 Å². The largest absolute Gasteiger partial charge is 0.495 e. The molecule has 4 rings (SSSR count). The van der Waals surface area contributed by atoms with Crippen molar-refractivity contribution in [2.24, 2.45) is 0 Å². The van der Waals surface area contributed by atoms with Crippen LogP contribution < -0.4 is 9.46 Å². The quantitative estimate of drug-likeness (QED) is 0.378. The normalized spacial score (nSPS) is 12.9. The zero-order valence-electron chi connectivity index (χ0n) is 15.6. The van der Waals surface area contributed by atoms with Crippen LogP contribution in [-0.2, 0) is 10.0 Å². The smallest absolute Gasteiger partial charge is 0.244 e. The first-order chi connectivity index (χ1) is 14.0. The highest BCUT2D eigenvalue weighted by Crippen LogP contribution is 2.34. The monoisotopic (exact) mass is 490 g/mol. The number of methoxy groups -OCH3 is 1. The number of aromatic amines is 1. The minimum Gasteiger partial charge on any atom is -0.495 e. The number of halogens is 1. The number of ether oxygens (including phenoxy) is 1. The Hall–Kier alpha value is -2.13. The number of benzene rings is 2. The van der Waals surface area contributed by atoms with Gasteiger partial charge in [-0.2, -0.15) is 0 Å². The van der Waals surface area contributed by atoms with Gasteiger partial charge in [0, 0.05) is 38.9 Å². The fourth-order valence-electron chi connectivity index (χ4n) is 3.37. The molecule has 0 unspecified atom stereocenters. The number of fused-ring (bicyclic) bond motifs is 1. The molecule has 0 amide bonds. The van der Waals surface area contributed by atoms with Gasteiger partial charge in [0.1, 0.15) is 10.6 Å². The summed E-state index contributed by atoms with van der Waals surface area (Å²) in [5.74, 6) is 0.194. The topological polar surface area (TPSA) is 71.2 Å². The van der Waals surface area contributed by atoms with E-state index in [4.69, 9.17) is 4.74 Å². The summed E-state index contributed by atoms with van der Waals surface area (Å²) in [6.45, 7) is 0.236. The summed E-state index contributed by atoms with van der Waals surface area (Å²) in [5, 5.41) is 3.09. The molecule has 0 saturated heterocycles. The van der Waals surface area contributed by atoms with E-state index in [0.717, 1.165) is 21.3 Å². The van der Waals surface area contributed by atoms with Crippen LogP contribution in [0.2, 0.25) is 0 Å². The van der Waals surface area contributed by atoms with Crippen molar-refractivity contribution in [3.05, 3.63) is 81.1 Å². The molecule has 150 valence electrons. The second-order valence-corrected chi connectivity index (χ2v) is 10.1. The predicted molar refractivity (Wildman–Crippen MR) is 120 cm³/mol. The van der Waals surface area contributed by atoms with Gasteiger partial charge in [0.25, 0.3) is 0 Å². The molecule has 0 aliphatic carbocycles. The second kappa shape index (κ2) is 8.31. The molecule has 2 heterocycles. The van der Waals surface area contributed by atoms with E-state index >= 15 is 0 Å². The third-order valence-electron chi connectivity index (χ3n) is 4.78. The number of sulfonamides is 1. The summed E-state index contributed by atoms with van der Waals surface area (Å²) < 4.78 is 34.8. The number of rotatable bonds is 7. The standard InChI is InChI=1S/C21H19BrN2O3S2/c1-27-19-9-8-14(22)11-21(19)29(25,26)24-13-17(20-7-4-10-28-20)16-12-23-18-6-3-2-5-15(16)18/h2-12,17,23-24H,13H2,1H3/t17-/m0/s1. The van der Waals surface area contributed by atoms with E-state index in [1.807, 2.05) is 48.0 Å². The van der Waals surface area contributed by atoms with Crippen molar-refractivity contribution in [2.45, 2.75) is 10.8 Å². The zero-order valence-corrected chi connectivity index (χ0v) is 18.8. The third-order valence-corrected chi connectivity index (χ3v) is 7.70. The maximum absolute atomic E-state index is 13.1. The molecule has 2 aromatic carbocycles. The number of aromatic nitrogens is 1. The molecular formula is C21H19BrN2O3S2. The first kappa shape index (κ1) is 20.2. The Morgan fingerprint density at radius 2 is 2.00 bits per heavy atom. The van der Waals surface area contributed by atoms with E-state index in [0.29, 0.717) is 10.2 Å². The number of para-hydroxylation sites is 1. The number of H-pyrrole nitrogens is 1. The van der Waals surface area contributed by atoms with Crippen LogP contribution in [-0.4, -0.2) is 27.1 Å². The lowest BCUT2D eigenvalue weighted by atomic mass is 9.97. The highest BCUT2D eigenvalue weighted by Gasteiger charge is 2.25. The van der Waals surface area contributed by atoms with E-state index in [9.17, 15) is 8.42 Å². The van der Waals surface area contributed by atoms with Crippen molar-refractivity contribution in [1.29, 1.82) is 0 Å². The summed E-state index contributed by atoms with van der Waals surface area (Å²) >= 11 is 4.95. The van der Waals surface area contributed by atoms with Gasteiger partial charge < -0.3 is 9.72 Å². The highest BCUT2D eigenvalue weighted by molar-refractivity contribution is 9.10. The van der Waals surface area contributed by atoms with Gasteiger partial charge in [0.05, 0.1) is 7.11 Å². The minimum atomic E-state index is -3.77. The molecule has 8 heteroatoms. The fourth-order valence-corrected chi connectivity index (χ4v) is 5.97. The molecule has 0 fully saturated rings. The molecule has 5 nitrogen and oxygen atoms in total. The number of hydrogen-bond donors (Lipinski definition) is 2. The fraction of sp³-hybridized carbons (Fsp3) is 0.143. The zero-order chi connectivity index (χ0) is 20.4. The Morgan fingerprint density at radius 1 is 1.17 bits per heavy atom. The molecule has 2 aromatic heterocycles. The molecule has 29 heavy (non-hydrogen) atoms. The molecule has 0 radical (unpaired) electrons. The van der Waals surface area contributed by atoms with Gasteiger partial charge in [-0.25, -0.2) is 13.1 Å². The maximum Gasteiger partial charge on any atom is 0.244 e. The van der Waals surface area contributed by atoms with Gasteiger partial charge in [0.15, 0.2) is 0 Å². The summed E-state index contributed by atoms with van der Waals surface area (Å²) in [6, 6.07) is 17.0. The van der Waals surface area contributed by atoms with E-state index in [-0.39, 0.29) is 17.4 Å². The molecule has 0 aliphatic rings. The highest BCUT2D eigenvalue weighted by atomic mass is 79.9. The molecule has 0 spiro atoms. The summed E-state index contributed by atoms with van der Waals surface area (Å²) in [5.41, 5.74) is 2.09. The first-order valence-electron chi connectivity index (χ1n) is 8.92. The average molecular weight is 491 g/mol. The maximum atomic E-state index is 13.1. The van der Waals surface area contributed by atoms with Gasteiger partial charge in [-0.3, -0.25) is 0 Å². The summed E-state index contributed by atoms with van der Waals surface area (Å²) in [6.07, 6.45) is 1.96. The molecule has 0 aliphatic heterocycles. The number of nitrogens with one attached hydrogen (secondary N) is 2. The predicted octanol–water partition coefficient (Wildman–Crippen LogP) is 5.11. The van der Waals surface area contributed by atoms with Crippen LogP contribution in [0.15, 0.2) is 75.5 Å². The van der Waals surface area contributed by atoms with Crippen molar-refractivity contribution >= 4 is 48.2 Å². The molecule has 1 atom stereocenters. The van der Waals surface area contributed by atoms with E-state index in [1.54, 1.807) is 29.5 Å². The Kier molecular flexibility index (Phi) is 5.78. The van der Waals surface area contributed by atoms with E-state index < -0.39 is 10.0 Å². The molecule has 2 N–H and O–H groups in total. The van der Waals surface area contributed by atoms with Crippen LogP contribution in [0.25, 0.3) is 10.9 Å². The van der Waals surface area contributed by atoms with Gasteiger partial charge in [-0.05, 0) is 41.3 Å². The lowest BCUT2D eigenvalue weighted by Gasteiger charge is -2.17. The average Bonchev–Trinajstić information content (AvgIpc) is 3.39. The van der Waals surface area contributed by atoms with Crippen LogP contribution in [0.5, 0.6) is 5.75 Å². The Morgan fingerprint density at radius 3 is 2.76 bits per heavy atom. The first-order valence-corrected chi connectivity index (χ1v) is 12.1. The second-order valence-electron chi connectivity index (χ2n) is 6.50. The van der Waals surface area contributed by atoms with E-state index in [1.165, 1.54) is 7.11 Å². The van der Waals surface area contributed by atoms with Crippen LogP contribution in [0, 0.1) is 0 Å². The van der Waals surface area contributed by atoms with Crippen LogP contribution in [0.4, 0.5) is 0 Å². The lowest BCUT2D eigenvalue weighted by molar-refractivity contribution is 0.402. The van der Waals surface area contributed by atoms with Gasteiger partial charge in [-0.1, -0.05) is 40.2 Å². The molecule has 4 aromatic rings. The molecule has 0 saturated carbocycles. The van der Waals surface area contributed by atoms with E-state index in [2.05, 4.69) is 25.6 Å². The van der Waals surface area contributed by atoms with Crippen molar-refractivity contribution in [1.82, 2.24) is 9.71 Å². The van der Waals surface area contributed by atoms with Crippen LogP contribution in [0.1, 0.15) is 16.4 Å². The van der Waals surface area contributed by atoms with Gasteiger partial charge in [-0.15, -0.1) is 11.3 Å². The summed E-state index contributed by atoms with van der Waals surface area (Å²) in [7, 11) is -2.31. The molecular weight excluding hydrogens is 472 g/mol. The minimum absolute atomic E-state index is 0.109. The van der Waals surface area contributed by atoms with Gasteiger partial charge in [0.2, 0.25) is 10.0 Å². The van der Waals surface area contributed by atoms with Crippen molar-refractivity contribution in [2.75, 3.05) is 13.7 Å². The van der Waals surface area contributed by atoms with Crippen LogP contribution >= 0.6 is 27.3 Å². The SMILES string of the molecule is COc1ccc(Br)cc1S(=O)(=O)NC[C@H](c1cccs1)c1c[nH]c2ccccc12. The Labute approximate surface area is 181 Å².